The Morgan fingerprint density at radius 1 is 1.15 bits per heavy atom. The van der Waals surface area contributed by atoms with Crippen molar-refractivity contribution in [2.75, 3.05) is 0 Å². The van der Waals surface area contributed by atoms with E-state index in [2.05, 4.69) is 5.16 Å². The fourth-order valence-corrected chi connectivity index (χ4v) is 3.30. The molecular formula is C14H18F3NO2. The van der Waals surface area contributed by atoms with Gasteiger partial charge in [0.25, 0.3) is 0 Å². The van der Waals surface area contributed by atoms with Crippen LogP contribution >= 0.6 is 0 Å². The van der Waals surface area contributed by atoms with Gasteiger partial charge in [0.15, 0.2) is 0 Å². The van der Waals surface area contributed by atoms with Crippen molar-refractivity contribution in [1.29, 1.82) is 0 Å². The van der Waals surface area contributed by atoms with Crippen LogP contribution in [0.3, 0.4) is 0 Å². The highest BCUT2D eigenvalue weighted by atomic mass is 19.4. The third-order valence-electron chi connectivity index (χ3n) is 4.49. The Hall–Kier alpha value is -1.04. The third kappa shape index (κ3) is 2.45. The van der Waals surface area contributed by atoms with Gasteiger partial charge in [0.1, 0.15) is 5.76 Å². The number of halogens is 3. The van der Waals surface area contributed by atoms with Crippen molar-refractivity contribution in [3.8, 4) is 0 Å². The average molecular weight is 289 g/mol. The van der Waals surface area contributed by atoms with Crippen molar-refractivity contribution in [3.63, 3.8) is 0 Å². The Labute approximate surface area is 115 Å². The lowest BCUT2D eigenvalue weighted by Crippen LogP contribution is -2.32. The van der Waals surface area contributed by atoms with Crippen molar-refractivity contribution in [3.05, 3.63) is 17.0 Å². The largest absolute Gasteiger partial charge is 0.392 e. The predicted molar refractivity (Wildman–Crippen MR) is 65.2 cm³/mol. The maximum atomic E-state index is 13.2. The zero-order valence-electron chi connectivity index (χ0n) is 11.1. The Morgan fingerprint density at radius 3 is 2.45 bits per heavy atom. The molecule has 0 aliphatic heterocycles. The molecule has 6 heteroatoms. The van der Waals surface area contributed by atoms with Gasteiger partial charge in [-0.1, -0.05) is 18.0 Å². The van der Waals surface area contributed by atoms with Crippen LogP contribution in [0.25, 0.3) is 0 Å². The summed E-state index contributed by atoms with van der Waals surface area (Å²) in [7, 11) is 0. The first kappa shape index (κ1) is 13.9. The minimum Gasteiger partial charge on any atom is -0.391 e. The summed E-state index contributed by atoms with van der Waals surface area (Å²) in [6, 6.07) is 0. The van der Waals surface area contributed by atoms with E-state index < -0.39 is 18.0 Å². The Balaban J connectivity index is 1.93. The minimum absolute atomic E-state index is 0.144. The predicted octanol–water partition coefficient (Wildman–Crippen LogP) is 3.88. The van der Waals surface area contributed by atoms with Gasteiger partial charge in [-0.2, -0.15) is 13.2 Å². The van der Waals surface area contributed by atoms with E-state index in [1.807, 2.05) is 0 Å². The fraction of sp³-hybridized carbons (Fsp3) is 0.786. The number of hydrogen-bond donors (Lipinski definition) is 1. The van der Waals surface area contributed by atoms with Crippen molar-refractivity contribution in [1.82, 2.24) is 5.16 Å². The maximum Gasteiger partial charge on any atom is 0.392 e. The highest BCUT2D eigenvalue weighted by Crippen LogP contribution is 2.49. The van der Waals surface area contributed by atoms with Crippen LogP contribution in [-0.2, 0) is 6.61 Å². The molecule has 1 N–H and O–H groups in total. The molecule has 0 saturated heterocycles. The first-order valence-electron chi connectivity index (χ1n) is 7.18. The van der Waals surface area contributed by atoms with Gasteiger partial charge >= 0.3 is 6.18 Å². The molecule has 0 amide bonds. The summed E-state index contributed by atoms with van der Waals surface area (Å²) in [6.07, 6.45) is -0.296. The molecule has 2 aliphatic rings. The van der Waals surface area contributed by atoms with Gasteiger partial charge in [0.2, 0.25) is 0 Å². The Bertz CT molecular complexity index is 479. The molecule has 2 fully saturated rings. The van der Waals surface area contributed by atoms with Crippen LogP contribution in [0.2, 0.25) is 0 Å². The van der Waals surface area contributed by atoms with Gasteiger partial charge < -0.3 is 9.63 Å². The van der Waals surface area contributed by atoms with Crippen LogP contribution in [-0.4, -0.2) is 16.4 Å². The first-order chi connectivity index (χ1) is 9.52. The van der Waals surface area contributed by atoms with E-state index in [0.29, 0.717) is 29.9 Å². The SMILES string of the molecule is OCc1c([C@H]2CCCC[C@@H]2C(F)(F)F)noc1C1CC1. The number of nitrogens with zero attached hydrogens (tertiary/aromatic N) is 1. The summed E-state index contributed by atoms with van der Waals surface area (Å²) in [5.74, 6) is -1.18. The van der Waals surface area contributed by atoms with Crippen LogP contribution in [0.1, 0.15) is 67.4 Å². The van der Waals surface area contributed by atoms with Gasteiger partial charge in [0.05, 0.1) is 18.2 Å². The molecule has 2 atom stereocenters. The van der Waals surface area contributed by atoms with Crippen LogP contribution in [0, 0.1) is 5.92 Å². The third-order valence-corrected chi connectivity index (χ3v) is 4.49. The summed E-state index contributed by atoms with van der Waals surface area (Å²) >= 11 is 0. The summed E-state index contributed by atoms with van der Waals surface area (Å²) in [5.41, 5.74) is 0.852. The molecule has 1 heterocycles. The molecular weight excluding hydrogens is 271 g/mol. The number of aromatic nitrogens is 1. The minimum atomic E-state index is -4.21. The number of aliphatic hydroxyl groups excluding tert-OH is 1. The molecule has 0 spiro atoms. The number of rotatable bonds is 3. The molecule has 0 aromatic carbocycles. The van der Waals surface area contributed by atoms with Crippen molar-refractivity contribution in [2.24, 2.45) is 5.92 Å². The van der Waals surface area contributed by atoms with E-state index in [9.17, 15) is 18.3 Å². The van der Waals surface area contributed by atoms with Crippen LogP contribution in [0.4, 0.5) is 13.2 Å². The van der Waals surface area contributed by atoms with E-state index in [1.165, 1.54) is 0 Å². The van der Waals surface area contributed by atoms with E-state index in [-0.39, 0.29) is 18.9 Å². The summed E-state index contributed by atoms with van der Waals surface area (Å²) in [5, 5.41) is 13.4. The van der Waals surface area contributed by atoms with Gasteiger partial charge in [-0.25, -0.2) is 0 Å². The number of aliphatic hydroxyl groups is 1. The van der Waals surface area contributed by atoms with Gasteiger partial charge in [-0.3, -0.25) is 0 Å². The molecule has 0 bridgehead atoms. The monoisotopic (exact) mass is 289 g/mol. The highest BCUT2D eigenvalue weighted by Gasteiger charge is 2.48. The zero-order valence-corrected chi connectivity index (χ0v) is 11.1. The van der Waals surface area contributed by atoms with Gasteiger partial charge in [-0.15, -0.1) is 0 Å². The fourth-order valence-electron chi connectivity index (χ4n) is 3.30. The van der Waals surface area contributed by atoms with Gasteiger partial charge in [-0.05, 0) is 25.7 Å². The van der Waals surface area contributed by atoms with E-state index in [0.717, 1.165) is 19.3 Å². The quantitative estimate of drug-likeness (QED) is 0.918. The summed E-state index contributed by atoms with van der Waals surface area (Å²) < 4.78 is 44.8. The lowest BCUT2D eigenvalue weighted by atomic mass is 9.76. The summed E-state index contributed by atoms with van der Waals surface area (Å²) in [4.78, 5) is 0. The second-order valence-electron chi connectivity index (χ2n) is 5.88. The Morgan fingerprint density at radius 2 is 1.85 bits per heavy atom. The first-order valence-corrected chi connectivity index (χ1v) is 7.18. The standard InChI is InChI=1S/C14H18F3NO2/c15-14(16,17)11-4-2-1-3-9(11)12-10(7-19)13(20-18-12)8-5-6-8/h8-9,11,19H,1-7H2/t9-,11-/m0/s1. The van der Waals surface area contributed by atoms with E-state index in [1.54, 1.807) is 0 Å². The molecule has 3 rings (SSSR count). The van der Waals surface area contributed by atoms with Crippen molar-refractivity contribution >= 4 is 0 Å². The molecule has 1 aromatic rings. The number of alkyl halides is 3. The van der Waals surface area contributed by atoms with E-state index >= 15 is 0 Å². The molecule has 1 aromatic heterocycles. The molecule has 0 radical (unpaired) electrons. The second kappa shape index (κ2) is 5.06. The van der Waals surface area contributed by atoms with E-state index in [4.69, 9.17) is 4.52 Å². The van der Waals surface area contributed by atoms with Crippen molar-refractivity contribution < 1.29 is 22.8 Å². The lowest BCUT2D eigenvalue weighted by molar-refractivity contribution is -0.187. The molecule has 0 unspecified atom stereocenters. The number of hydrogen-bond acceptors (Lipinski definition) is 3. The summed E-state index contributed by atoms with van der Waals surface area (Å²) in [6.45, 7) is -0.286. The Kier molecular flexibility index (Phi) is 3.52. The van der Waals surface area contributed by atoms with Crippen LogP contribution < -0.4 is 0 Å². The van der Waals surface area contributed by atoms with Crippen LogP contribution in [0.15, 0.2) is 4.52 Å². The topological polar surface area (TPSA) is 46.3 Å². The second-order valence-corrected chi connectivity index (χ2v) is 5.88. The zero-order chi connectivity index (χ0) is 14.3. The molecule has 20 heavy (non-hydrogen) atoms. The maximum absolute atomic E-state index is 13.2. The normalized spacial score (nSPS) is 27.8. The van der Waals surface area contributed by atoms with Crippen molar-refractivity contribution in [2.45, 2.75) is 63.1 Å². The molecule has 2 aliphatic carbocycles. The van der Waals surface area contributed by atoms with Gasteiger partial charge in [0, 0.05) is 17.4 Å². The lowest BCUT2D eigenvalue weighted by Gasteiger charge is -2.32. The molecule has 2 saturated carbocycles. The molecule has 3 nitrogen and oxygen atoms in total. The van der Waals surface area contributed by atoms with Crippen LogP contribution in [0.5, 0.6) is 0 Å². The molecule has 112 valence electrons. The highest BCUT2D eigenvalue weighted by molar-refractivity contribution is 5.31. The average Bonchev–Trinajstić information content (AvgIpc) is 3.17. The smallest absolute Gasteiger partial charge is 0.391 e.